The lowest BCUT2D eigenvalue weighted by atomic mass is 10.2. The molecule has 1 aromatic carbocycles. The topological polar surface area (TPSA) is 84.3 Å². The van der Waals surface area contributed by atoms with Crippen molar-refractivity contribution in [1.29, 1.82) is 0 Å². The minimum atomic E-state index is -0.885. The second-order valence-electron chi connectivity index (χ2n) is 3.07. The molecule has 0 bridgehead atoms. The smallest absolute Gasteiger partial charge is 0.295 e. The molecule has 0 aliphatic heterocycles. The van der Waals surface area contributed by atoms with E-state index in [1.165, 1.54) is 7.05 Å². The standard InChI is InChI=1S/C9H9ClFN3O3/c1-12-9(15)4-13-7-2-5(10)6(11)3-8(7)14(16)17/h2-3,13H,4H2,1H3,(H,12,15). The number of nitro benzene ring substituents is 1. The molecule has 2 N–H and O–H groups in total. The Labute approximate surface area is 101 Å². The monoisotopic (exact) mass is 261 g/mol. The predicted molar refractivity (Wildman–Crippen MR) is 60.6 cm³/mol. The molecule has 1 amide bonds. The summed E-state index contributed by atoms with van der Waals surface area (Å²) in [6.07, 6.45) is 0. The first-order chi connectivity index (χ1) is 7.95. The number of carbonyl (C=O) groups is 1. The van der Waals surface area contributed by atoms with Crippen LogP contribution in [0.3, 0.4) is 0 Å². The van der Waals surface area contributed by atoms with E-state index < -0.39 is 16.4 Å². The van der Waals surface area contributed by atoms with E-state index >= 15 is 0 Å². The zero-order valence-electron chi connectivity index (χ0n) is 8.79. The summed E-state index contributed by atoms with van der Waals surface area (Å²) in [6, 6.07) is 1.77. The van der Waals surface area contributed by atoms with Gasteiger partial charge in [-0.3, -0.25) is 14.9 Å². The number of hydrogen-bond acceptors (Lipinski definition) is 4. The average Bonchev–Trinajstić information content (AvgIpc) is 2.29. The Kier molecular flexibility index (Phi) is 4.22. The molecule has 1 aromatic rings. The Bertz CT molecular complexity index is 467. The Balaban J connectivity index is 3.00. The average molecular weight is 262 g/mol. The van der Waals surface area contributed by atoms with Gasteiger partial charge in [-0.2, -0.15) is 0 Å². The minimum Gasteiger partial charge on any atom is -0.371 e. The summed E-state index contributed by atoms with van der Waals surface area (Å²) in [7, 11) is 1.43. The first-order valence-electron chi connectivity index (χ1n) is 4.53. The van der Waals surface area contributed by atoms with Gasteiger partial charge in [0.15, 0.2) is 0 Å². The van der Waals surface area contributed by atoms with Gasteiger partial charge in [0.25, 0.3) is 5.69 Å². The molecule has 92 valence electrons. The van der Waals surface area contributed by atoms with Gasteiger partial charge in [0.1, 0.15) is 11.5 Å². The molecule has 0 aliphatic rings. The summed E-state index contributed by atoms with van der Waals surface area (Å²) in [5, 5.41) is 15.2. The highest BCUT2D eigenvalue weighted by molar-refractivity contribution is 6.31. The Morgan fingerprint density at radius 1 is 1.59 bits per heavy atom. The normalized spacial score (nSPS) is 9.82. The number of hydrogen-bond donors (Lipinski definition) is 2. The number of amides is 1. The number of anilines is 1. The Hall–Kier alpha value is -1.89. The van der Waals surface area contributed by atoms with Crippen LogP contribution in [0.1, 0.15) is 0 Å². The highest BCUT2D eigenvalue weighted by Crippen LogP contribution is 2.29. The van der Waals surface area contributed by atoms with Gasteiger partial charge in [-0.1, -0.05) is 11.6 Å². The van der Waals surface area contributed by atoms with Gasteiger partial charge in [-0.05, 0) is 6.07 Å². The lowest BCUT2D eigenvalue weighted by molar-refractivity contribution is -0.384. The van der Waals surface area contributed by atoms with E-state index in [1.807, 2.05) is 0 Å². The van der Waals surface area contributed by atoms with Crippen molar-refractivity contribution in [3.8, 4) is 0 Å². The molecular weight excluding hydrogens is 253 g/mol. The van der Waals surface area contributed by atoms with Crippen LogP contribution in [0.4, 0.5) is 15.8 Å². The molecule has 0 saturated heterocycles. The molecule has 0 saturated carbocycles. The molecule has 8 heteroatoms. The molecule has 17 heavy (non-hydrogen) atoms. The van der Waals surface area contributed by atoms with Gasteiger partial charge in [0, 0.05) is 7.05 Å². The van der Waals surface area contributed by atoms with Crippen LogP contribution in [0.2, 0.25) is 5.02 Å². The second-order valence-corrected chi connectivity index (χ2v) is 3.47. The van der Waals surface area contributed by atoms with Crippen LogP contribution in [-0.2, 0) is 4.79 Å². The minimum absolute atomic E-state index is 0.00926. The quantitative estimate of drug-likeness (QED) is 0.636. The van der Waals surface area contributed by atoms with Crippen molar-refractivity contribution in [3.05, 3.63) is 33.1 Å². The number of nitrogens with zero attached hydrogens (tertiary/aromatic N) is 1. The molecule has 0 radical (unpaired) electrons. The lowest BCUT2D eigenvalue weighted by Crippen LogP contribution is -2.26. The molecule has 0 aromatic heterocycles. The van der Waals surface area contributed by atoms with Gasteiger partial charge >= 0.3 is 0 Å². The van der Waals surface area contributed by atoms with E-state index in [4.69, 9.17) is 11.6 Å². The molecule has 1 rings (SSSR count). The summed E-state index contributed by atoms with van der Waals surface area (Å²) in [6.45, 7) is -0.167. The molecule has 0 spiro atoms. The third-order valence-corrected chi connectivity index (χ3v) is 2.24. The van der Waals surface area contributed by atoms with Crippen LogP contribution in [0, 0.1) is 15.9 Å². The van der Waals surface area contributed by atoms with Gasteiger partial charge in [0.2, 0.25) is 5.91 Å². The summed E-state index contributed by atoms with van der Waals surface area (Å²) in [5.41, 5.74) is -0.485. The highest BCUT2D eigenvalue weighted by atomic mass is 35.5. The summed E-state index contributed by atoms with van der Waals surface area (Å²) >= 11 is 5.50. The fourth-order valence-corrected chi connectivity index (χ4v) is 1.26. The summed E-state index contributed by atoms with van der Waals surface area (Å²) in [4.78, 5) is 20.9. The number of benzene rings is 1. The van der Waals surface area contributed by atoms with Crippen molar-refractivity contribution in [2.75, 3.05) is 18.9 Å². The van der Waals surface area contributed by atoms with Crippen molar-refractivity contribution in [2.45, 2.75) is 0 Å². The maximum Gasteiger partial charge on any atom is 0.295 e. The van der Waals surface area contributed by atoms with Crippen LogP contribution in [0.15, 0.2) is 12.1 Å². The molecule has 0 unspecified atom stereocenters. The number of carbonyl (C=O) groups excluding carboxylic acids is 1. The number of nitrogens with one attached hydrogen (secondary N) is 2. The van der Waals surface area contributed by atoms with Gasteiger partial charge in [-0.15, -0.1) is 0 Å². The van der Waals surface area contributed by atoms with Gasteiger partial charge in [0.05, 0.1) is 22.6 Å². The van der Waals surface area contributed by atoms with Crippen molar-refractivity contribution >= 4 is 28.9 Å². The lowest BCUT2D eigenvalue weighted by Gasteiger charge is -2.07. The first kappa shape index (κ1) is 13.2. The largest absolute Gasteiger partial charge is 0.371 e. The van der Waals surface area contributed by atoms with E-state index in [0.717, 1.165) is 6.07 Å². The fourth-order valence-electron chi connectivity index (χ4n) is 1.09. The van der Waals surface area contributed by atoms with Crippen LogP contribution < -0.4 is 10.6 Å². The number of likely N-dealkylation sites (N-methyl/N-ethyl adjacent to an activating group) is 1. The maximum atomic E-state index is 13.0. The first-order valence-corrected chi connectivity index (χ1v) is 4.91. The third kappa shape index (κ3) is 3.28. The van der Waals surface area contributed by atoms with Crippen molar-refractivity contribution in [1.82, 2.24) is 5.32 Å². The van der Waals surface area contributed by atoms with Crippen LogP contribution in [0.5, 0.6) is 0 Å². The summed E-state index contributed by atoms with van der Waals surface area (Å²) in [5.74, 6) is -1.25. The van der Waals surface area contributed by atoms with Crippen LogP contribution in [-0.4, -0.2) is 24.4 Å². The number of nitro groups is 1. The van der Waals surface area contributed by atoms with Crippen LogP contribution >= 0.6 is 11.6 Å². The zero-order chi connectivity index (χ0) is 13.0. The van der Waals surface area contributed by atoms with Gasteiger partial charge in [-0.25, -0.2) is 4.39 Å². The van der Waals surface area contributed by atoms with Crippen molar-refractivity contribution in [3.63, 3.8) is 0 Å². The number of halogens is 2. The number of rotatable bonds is 4. The molecule has 0 heterocycles. The van der Waals surface area contributed by atoms with Crippen molar-refractivity contribution in [2.24, 2.45) is 0 Å². The van der Waals surface area contributed by atoms with Crippen molar-refractivity contribution < 1.29 is 14.1 Å². The maximum absolute atomic E-state index is 13.0. The molecule has 6 nitrogen and oxygen atoms in total. The van der Waals surface area contributed by atoms with E-state index in [9.17, 15) is 19.3 Å². The Morgan fingerprint density at radius 2 is 2.24 bits per heavy atom. The highest BCUT2D eigenvalue weighted by Gasteiger charge is 2.18. The second kappa shape index (κ2) is 5.44. The van der Waals surface area contributed by atoms with E-state index in [-0.39, 0.29) is 23.2 Å². The molecule has 0 aliphatic carbocycles. The van der Waals surface area contributed by atoms with Crippen LogP contribution in [0.25, 0.3) is 0 Å². The van der Waals surface area contributed by atoms with E-state index in [2.05, 4.69) is 10.6 Å². The predicted octanol–water partition coefficient (Wildman–Crippen LogP) is 1.55. The Morgan fingerprint density at radius 3 is 2.76 bits per heavy atom. The van der Waals surface area contributed by atoms with Gasteiger partial charge < -0.3 is 10.6 Å². The third-order valence-electron chi connectivity index (χ3n) is 1.95. The zero-order valence-corrected chi connectivity index (χ0v) is 9.55. The SMILES string of the molecule is CNC(=O)CNc1cc(Cl)c(F)cc1[N+](=O)[O-]. The summed E-state index contributed by atoms with van der Waals surface area (Å²) < 4.78 is 13.0. The van der Waals surface area contributed by atoms with E-state index in [0.29, 0.717) is 6.07 Å². The molecular formula is C9H9ClFN3O3. The fraction of sp³-hybridized carbons (Fsp3) is 0.222. The molecule has 0 fully saturated rings. The molecule has 0 atom stereocenters. The van der Waals surface area contributed by atoms with E-state index in [1.54, 1.807) is 0 Å².